The van der Waals surface area contributed by atoms with Crippen LogP contribution in [0.2, 0.25) is 0 Å². The molecular weight excluding hydrogens is 184 g/mol. The van der Waals surface area contributed by atoms with Crippen LogP contribution in [0.25, 0.3) is 0 Å². The Kier molecular flexibility index (Phi) is 3.44. The summed E-state index contributed by atoms with van der Waals surface area (Å²) in [5.74, 6) is 0.586. The lowest BCUT2D eigenvalue weighted by atomic mass is 9.76. The first kappa shape index (κ1) is 12.5. The molecule has 1 rings (SSSR count). The average Bonchev–Trinajstić information content (AvgIpc) is 2.40. The maximum atomic E-state index is 9.19. The monoisotopic (exact) mass is 208 g/mol. The zero-order valence-electron chi connectivity index (χ0n) is 10.7. The van der Waals surface area contributed by atoms with Gasteiger partial charge in [0.1, 0.15) is 0 Å². The third kappa shape index (κ3) is 2.72. The summed E-state index contributed by atoms with van der Waals surface area (Å²) in [5, 5.41) is 9.19. The predicted molar refractivity (Wildman–Crippen MR) is 65.7 cm³/mol. The quantitative estimate of drug-likeness (QED) is 0.703. The third-order valence-electron chi connectivity index (χ3n) is 3.81. The molecule has 0 radical (unpaired) electrons. The highest BCUT2D eigenvalue weighted by atomic mass is 16.3. The van der Waals surface area contributed by atoms with E-state index in [4.69, 9.17) is 0 Å². The summed E-state index contributed by atoms with van der Waals surface area (Å²) in [7, 11) is 0. The van der Waals surface area contributed by atoms with Crippen LogP contribution in [0.1, 0.15) is 41.0 Å². The van der Waals surface area contributed by atoms with Gasteiger partial charge in [0.05, 0.1) is 6.61 Å². The van der Waals surface area contributed by atoms with Gasteiger partial charge in [-0.25, -0.2) is 0 Å². The summed E-state index contributed by atoms with van der Waals surface area (Å²) in [4.78, 5) is 0. The van der Waals surface area contributed by atoms with Crippen molar-refractivity contribution in [3.8, 4) is 0 Å². The van der Waals surface area contributed by atoms with Gasteiger partial charge in [-0.1, -0.05) is 51.5 Å². The zero-order valence-corrected chi connectivity index (χ0v) is 10.7. The van der Waals surface area contributed by atoms with Crippen molar-refractivity contribution in [2.45, 2.75) is 41.0 Å². The lowest BCUT2D eigenvalue weighted by Crippen LogP contribution is -2.20. The molecule has 1 atom stereocenters. The molecule has 0 unspecified atom stereocenters. The molecule has 0 bridgehead atoms. The molecule has 0 amide bonds. The molecule has 1 aliphatic rings. The van der Waals surface area contributed by atoms with Crippen LogP contribution in [-0.2, 0) is 0 Å². The van der Waals surface area contributed by atoms with Gasteiger partial charge in [-0.3, -0.25) is 0 Å². The number of aliphatic hydroxyl groups is 1. The van der Waals surface area contributed by atoms with Crippen molar-refractivity contribution in [2.24, 2.45) is 16.7 Å². The van der Waals surface area contributed by atoms with Crippen molar-refractivity contribution >= 4 is 0 Å². The Bertz CT molecular complexity index is 282. The molecule has 0 spiro atoms. The molecule has 0 saturated carbocycles. The minimum absolute atomic E-state index is 0.0907. The Morgan fingerprint density at radius 1 is 1.53 bits per heavy atom. The van der Waals surface area contributed by atoms with Gasteiger partial charge in [0.2, 0.25) is 0 Å². The Morgan fingerprint density at radius 2 is 2.13 bits per heavy atom. The molecule has 0 heterocycles. The zero-order chi connectivity index (χ0) is 11.7. The first-order chi connectivity index (χ1) is 6.79. The molecule has 1 nitrogen and oxygen atoms in total. The van der Waals surface area contributed by atoms with Crippen LogP contribution in [0.15, 0.2) is 23.8 Å². The van der Waals surface area contributed by atoms with E-state index in [2.05, 4.69) is 52.8 Å². The topological polar surface area (TPSA) is 20.2 Å². The van der Waals surface area contributed by atoms with E-state index < -0.39 is 0 Å². The van der Waals surface area contributed by atoms with E-state index >= 15 is 0 Å². The van der Waals surface area contributed by atoms with Gasteiger partial charge in [0.25, 0.3) is 0 Å². The fourth-order valence-electron chi connectivity index (χ4n) is 1.90. The smallest absolute Gasteiger partial charge is 0.0516 e. The summed E-state index contributed by atoms with van der Waals surface area (Å²) in [6.45, 7) is 11.1. The SMILES string of the molecule is CC1=CC[C@@H](C=CC(C)(C)CO)C1(C)C. The van der Waals surface area contributed by atoms with Crippen molar-refractivity contribution < 1.29 is 5.11 Å². The number of hydrogen-bond donors (Lipinski definition) is 1. The number of aliphatic hydroxyl groups excluding tert-OH is 1. The minimum Gasteiger partial charge on any atom is -0.395 e. The van der Waals surface area contributed by atoms with E-state index in [0.717, 1.165) is 6.42 Å². The molecule has 0 aromatic heterocycles. The summed E-state index contributed by atoms with van der Waals surface area (Å²) in [5.41, 5.74) is 1.67. The van der Waals surface area contributed by atoms with Gasteiger partial charge < -0.3 is 5.11 Å². The second-order valence-corrected chi connectivity index (χ2v) is 5.96. The maximum Gasteiger partial charge on any atom is 0.0516 e. The summed E-state index contributed by atoms with van der Waals surface area (Å²) < 4.78 is 0. The number of hydrogen-bond acceptors (Lipinski definition) is 1. The van der Waals surface area contributed by atoms with Crippen molar-refractivity contribution in [1.82, 2.24) is 0 Å². The van der Waals surface area contributed by atoms with Crippen LogP contribution in [-0.4, -0.2) is 11.7 Å². The second-order valence-electron chi connectivity index (χ2n) is 5.96. The van der Waals surface area contributed by atoms with Crippen LogP contribution >= 0.6 is 0 Å². The largest absolute Gasteiger partial charge is 0.395 e. The average molecular weight is 208 g/mol. The molecule has 15 heavy (non-hydrogen) atoms. The lowest BCUT2D eigenvalue weighted by molar-refractivity contribution is 0.198. The maximum absolute atomic E-state index is 9.19. The van der Waals surface area contributed by atoms with Gasteiger partial charge in [0.15, 0.2) is 0 Å². The summed E-state index contributed by atoms with van der Waals surface area (Å²) in [6.07, 6.45) is 7.91. The summed E-state index contributed by atoms with van der Waals surface area (Å²) >= 11 is 0. The van der Waals surface area contributed by atoms with Crippen molar-refractivity contribution in [3.05, 3.63) is 23.8 Å². The van der Waals surface area contributed by atoms with E-state index in [9.17, 15) is 5.11 Å². The molecule has 1 aliphatic carbocycles. The van der Waals surface area contributed by atoms with E-state index in [1.807, 2.05) is 0 Å². The first-order valence-corrected chi connectivity index (χ1v) is 5.77. The fraction of sp³-hybridized carbons (Fsp3) is 0.714. The second kappa shape index (κ2) is 4.13. The Labute approximate surface area is 93.9 Å². The molecule has 0 fully saturated rings. The minimum atomic E-state index is -0.0907. The van der Waals surface area contributed by atoms with Crippen molar-refractivity contribution in [1.29, 1.82) is 0 Å². The lowest BCUT2D eigenvalue weighted by Gasteiger charge is -2.28. The number of rotatable bonds is 3. The van der Waals surface area contributed by atoms with Gasteiger partial charge in [-0.05, 0) is 24.7 Å². The third-order valence-corrected chi connectivity index (χ3v) is 3.81. The predicted octanol–water partition coefficient (Wildman–Crippen LogP) is 3.55. The molecule has 0 saturated heterocycles. The molecule has 1 heteroatoms. The normalized spacial score (nSPS) is 26.0. The first-order valence-electron chi connectivity index (χ1n) is 5.77. The van der Waals surface area contributed by atoms with Gasteiger partial charge in [-0.15, -0.1) is 0 Å². The van der Waals surface area contributed by atoms with E-state index in [1.165, 1.54) is 5.57 Å². The summed E-state index contributed by atoms with van der Waals surface area (Å²) in [6, 6.07) is 0. The molecule has 1 N–H and O–H groups in total. The van der Waals surface area contributed by atoms with Crippen molar-refractivity contribution in [3.63, 3.8) is 0 Å². The van der Waals surface area contributed by atoms with Crippen LogP contribution in [0, 0.1) is 16.7 Å². The van der Waals surface area contributed by atoms with Gasteiger partial charge >= 0.3 is 0 Å². The molecule has 0 aromatic carbocycles. The molecule has 86 valence electrons. The van der Waals surface area contributed by atoms with Crippen LogP contribution in [0.3, 0.4) is 0 Å². The van der Waals surface area contributed by atoms with E-state index in [0.29, 0.717) is 5.92 Å². The van der Waals surface area contributed by atoms with Crippen molar-refractivity contribution in [2.75, 3.05) is 6.61 Å². The van der Waals surface area contributed by atoms with Crippen LogP contribution in [0.4, 0.5) is 0 Å². The molecule has 0 aliphatic heterocycles. The highest BCUT2D eigenvalue weighted by molar-refractivity contribution is 5.22. The van der Waals surface area contributed by atoms with Crippen LogP contribution in [0.5, 0.6) is 0 Å². The Hall–Kier alpha value is -0.560. The molecule has 0 aromatic rings. The van der Waals surface area contributed by atoms with E-state index in [-0.39, 0.29) is 17.4 Å². The Morgan fingerprint density at radius 3 is 2.53 bits per heavy atom. The van der Waals surface area contributed by atoms with Gasteiger partial charge in [-0.2, -0.15) is 0 Å². The highest BCUT2D eigenvalue weighted by Gasteiger charge is 2.33. The highest BCUT2D eigenvalue weighted by Crippen LogP contribution is 2.44. The fourth-order valence-corrected chi connectivity index (χ4v) is 1.90. The number of allylic oxidation sites excluding steroid dienone is 3. The standard InChI is InChI=1S/C14H24O/c1-11-6-7-12(14(11,4)5)8-9-13(2,3)10-15/h6,8-9,12,15H,7,10H2,1-5H3/t12-/m0/s1. The Balaban J connectivity index is 2.71. The van der Waals surface area contributed by atoms with Crippen LogP contribution < -0.4 is 0 Å². The molecular formula is C14H24O. The van der Waals surface area contributed by atoms with Gasteiger partial charge in [0, 0.05) is 5.41 Å². The van der Waals surface area contributed by atoms with E-state index in [1.54, 1.807) is 0 Å².